The number of hydrogen-bond donors (Lipinski definition) is 2. The molecule has 0 aliphatic carbocycles. The van der Waals surface area contributed by atoms with Crippen molar-refractivity contribution >= 4 is 17.8 Å². The summed E-state index contributed by atoms with van der Waals surface area (Å²) < 4.78 is 0. The molecule has 0 saturated carbocycles. The highest BCUT2D eigenvalue weighted by atomic mass is 16.2. The standard InChI is InChI=1S/C24H38N6O2/c1-4-25-24(29-14-12-28(13-15-29)18-22(31)27-19(2)3)26-11-7-10-23(32)30-16-20-8-5-6-9-21(20)17-30/h5-6,8-9,19H,4,7,10-18H2,1-3H3,(H,25,26)(H,27,31). The predicted molar refractivity (Wildman–Crippen MR) is 127 cm³/mol. The second-order valence-corrected chi connectivity index (χ2v) is 8.84. The maximum Gasteiger partial charge on any atom is 0.234 e. The Morgan fingerprint density at radius 3 is 2.28 bits per heavy atom. The molecule has 1 aromatic rings. The highest BCUT2D eigenvalue weighted by Gasteiger charge is 2.23. The lowest BCUT2D eigenvalue weighted by atomic mass is 10.1. The monoisotopic (exact) mass is 442 g/mol. The summed E-state index contributed by atoms with van der Waals surface area (Å²) in [6.45, 7) is 12.7. The first kappa shape index (κ1) is 24.0. The van der Waals surface area contributed by atoms with Gasteiger partial charge in [0.2, 0.25) is 11.8 Å². The zero-order chi connectivity index (χ0) is 22.9. The lowest BCUT2D eigenvalue weighted by Crippen LogP contribution is -2.54. The molecule has 2 heterocycles. The van der Waals surface area contributed by atoms with Crippen LogP contribution in [0.5, 0.6) is 0 Å². The Bertz CT molecular complexity index is 776. The van der Waals surface area contributed by atoms with E-state index >= 15 is 0 Å². The molecule has 32 heavy (non-hydrogen) atoms. The molecule has 1 aromatic carbocycles. The SMILES string of the molecule is CCNC(=NCCCC(=O)N1Cc2ccccc2C1)N1CCN(CC(=O)NC(C)C)CC1. The molecule has 2 amide bonds. The van der Waals surface area contributed by atoms with Gasteiger partial charge in [-0.2, -0.15) is 0 Å². The average molecular weight is 443 g/mol. The maximum atomic E-state index is 12.6. The van der Waals surface area contributed by atoms with Crippen molar-refractivity contribution in [1.82, 2.24) is 25.3 Å². The van der Waals surface area contributed by atoms with Gasteiger partial charge in [0.05, 0.1) is 6.54 Å². The van der Waals surface area contributed by atoms with E-state index in [2.05, 4.69) is 39.5 Å². The van der Waals surface area contributed by atoms with Gasteiger partial charge < -0.3 is 20.4 Å². The Hall–Kier alpha value is -2.61. The molecule has 2 aliphatic rings. The van der Waals surface area contributed by atoms with Crippen LogP contribution in [-0.4, -0.2) is 84.3 Å². The van der Waals surface area contributed by atoms with Crippen molar-refractivity contribution in [2.45, 2.75) is 52.7 Å². The molecule has 0 spiro atoms. The van der Waals surface area contributed by atoms with Crippen molar-refractivity contribution < 1.29 is 9.59 Å². The molecular weight excluding hydrogens is 404 g/mol. The lowest BCUT2D eigenvalue weighted by Gasteiger charge is -2.36. The first-order valence-corrected chi connectivity index (χ1v) is 11.9. The third-order valence-electron chi connectivity index (χ3n) is 5.83. The molecule has 1 saturated heterocycles. The van der Waals surface area contributed by atoms with Gasteiger partial charge in [-0.05, 0) is 38.3 Å². The van der Waals surface area contributed by atoms with E-state index in [0.29, 0.717) is 19.5 Å². The summed E-state index contributed by atoms with van der Waals surface area (Å²) in [5.74, 6) is 1.19. The molecule has 3 rings (SSSR count). The predicted octanol–water partition coefficient (Wildman–Crippen LogP) is 1.42. The van der Waals surface area contributed by atoms with Crippen LogP contribution in [0.3, 0.4) is 0 Å². The van der Waals surface area contributed by atoms with Crippen molar-refractivity contribution in [2.75, 3.05) is 45.8 Å². The van der Waals surface area contributed by atoms with Gasteiger partial charge in [-0.3, -0.25) is 19.5 Å². The van der Waals surface area contributed by atoms with Crippen LogP contribution in [0, 0.1) is 0 Å². The van der Waals surface area contributed by atoms with Crippen LogP contribution in [-0.2, 0) is 22.7 Å². The molecule has 0 bridgehead atoms. The van der Waals surface area contributed by atoms with Crippen molar-refractivity contribution in [3.63, 3.8) is 0 Å². The number of aliphatic imine (C=N–C) groups is 1. The number of piperazine rings is 1. The Kier molecular flexibility index (Phi) is 8.90. The molecule has 0 radical (unpaired) electrons. The van der Waals surface area contributed by atoms with Crippen LogP contribution in [0.4, 0.5) is 0 Å². The molecule has 8 nitrogen and oxygen atoms in total. The van der Waals surface area contributed by atoms with E-state index in [1.807, 2.05) is 30.9 Å². The van der Waals surface area contributed by atoms with Crippen LogP contribution in [0.2, 0.25) is 0 Å². The Balaban J connectivity index is 1.40. The highest BCUT2D eigenvalue weighted by Crippen LogP contribution is 2.22. The van der Waals surface area contributed by atoms with Crippen molar-refractivity contribution in [3.8, 4) is 0 Å². The fraction of sp³-hybridized carbons (Fsp3) is 0.625. The van der Waals surface area contributed by atoms with Gasteiger partial charge in [-0.15, -0.1) is 0 Å². The van der Waals surface area contributed by atoms with Gasteiger partial charge in [0.15, 0.2) is 5.96 Å². The smallest absolute Gasteiger partial charge is 0.234 e. The zero-order valence-electron chi connectivity index (χ0n) is 19.8. The summed E-state index contributed by atoms with van der Waals surface area (Å²) in [4.78, 5) is 35.7. The minimum atomic E-state index is 0.0831. The number of rotatable bonds is 8. The summed E-state index contributed by atoms with van der Waals surface area (Å²) in [5, 5.41) is 6.32. The number of guanidine groups is 1. The minimum Gasteiger partial charge on any atom is -0.357 e. The molecule has 0 aromatic heterocycles. The fourth-order valence-corrected chi connectivity index (χ4v) is 4.20. The number of nitrogens with one attached hydrogen (secondary N) is 2. The van der Waals surface area contributed by atoms with Crippen LogP contribution in [0.25, 0.3) is 0 Å². The van der Waals surface area contributed by atoms with Gasteiger partial charge in [0.25, 0.3) is 0 Å². The summed E-state index contributed by atoms with van der Waals surface area (Å²) in [5.41, 5.74) is 2.52. The van der Waals surface area contributed by atoms with Crippen molar-refractivity contribution in [3.05, 3.63) is 35.4 Å². The molecule has 0 atom stereocenters. The van der Waals surface area contributed by atoms with Crippen LogP contribution in [0.15, 0.2) is 29.3 Å². The van der Waals surface area contributed by atoms with E-state index in [9.17, 15) is 9.59 Å². The van der Waals surface area contributed by atoms with Gasteiger partial charge in [-0.1, -0.05) is 24.3 Å². The molecule has 176 valence electrons. The number of fused-ring (bicyclic) bond motifs is 1. The number of carbonyl (C=O) groups is 2. The summed E-state index contributed by atoms with van der Waals surface area (Å²) in [6, 6.07) is 8.44. The number of nitrogens with zero attached hydrogens (tertiary/aromatic N) is 4. The summed E-state index contributed by atoms with van der Waals surface area (Å²) in [6.07, 6.45) is 1.27. The second-order valence-electron chi connectivity index (χ2n) is 8.84. The maximum absolute atomic E-state index is 12.6. The number of benzene rings is 1. The van der Waals surface area contributed by atoms with Gasteiger partial charge in [0.1, 0.15) is 0 Å². The van der Waals surface area contributed by atoms with Crippen LogP contribution in [0.1, 0.15) is 44.7 Å². The molecule has 0 unspecified atom stereocenters. The molecule has 2 aliphatic heterocycles. The van der Waals surface area contributed by atoms with E-state index in [1.165, 1.54) is 11.1 Å². The van der Waals surface area contributed by atoms with Crippen LogP contribution < -0.4 is 10.6 Å². The average Bonchev–Trinajstić information content (AvgIpc) is 3.20. The molecule has 1 fully saturated rings. The summed E-state index contributed by atoms with van der Waals surface area (Å²) in [7, 11) is 0. The molecular formula is C24H38N6O2. The van der Waals surface area contributed by atoms with E-state index in [-0.39, 0.29) is 17.9 Å². The van der Waals surface area contributed by atoms with Crippen molar-refractivity contribution in [1.29, 1.82) is 0 Å². The number of hydrogen-bond acceptors (Lipinski definition) is 4. The Morgan fingerprint density at radius 1 is 1.03 bits per heavy atom. The lowest BCUT2D eigenvalue weighted by molar-refractivity contribution is -0.131. The highest BCUT2D eigenvalue weighted by molar-refractivity contribution is 5.81. The Morgan fingerprint density at radius 2 is 1.69 bits per heavy atom. The van der Waals surface area contributed by atoms with E-state index in [0.717, 1.165) is 58.2 Å². The van der Waals surface area contributed by atoms with Crippen LogP contribution >= 0.6 is 0 Å². The van der Waals surface area contributed by atoms with E-state index in [4.69, 9.17) is 4.99 Å². The number of carbonyl (C=O) groups excluding carboxylic acids is 2. The third-order valence-corrected chi connectivity index (χ3v) is 5.83. The largest absolute Gasteiger partial charge is 0.357 e. The van der Waals surface area contributed by atoms with Gasteiger partial charge >= 0.3 is 0 Å². The molecule has 8 heteroatoms. The zero-order valence-corrected chi connectivity index (χ0v) is 19.8. The van der Waals surface area contributed by atoms with Crippen molar-refractivity contribution in [2.24, 2.45) is 4.99 Å². The first-order chi connectivity index (χ1) is 15.5. The Labute approximate surface area is 192 Å². The van der Waals surface area contributed by atoms with Gasteiger partial charge in [0, 0.05) is 64.8 Å². The van der Waals surface area contributed by atoms with E-state index < -0.39 is 0 Å². The van der Waals surface area contributed by atoms with Gasteiger partial charge in [-0.25, -0.2) is 0 Å². The number of amides is 2. The second kappa shape index (κ2) is 11.9. The normalized spacial score (nSPS) is 16.9. The first-order valence-electron chi connectivity index (χ1n) is 11.9. The molecule has 2 N–H and O–H groups in total. The fourth-order valence-electron chi connectivity index (χ4n) is 4.20. The quantitative estimate of drug-likeness (QED) is 0.362. The summed E-state index contributed by atoms with van der Waals surface area (Å²) >= 11 is 0. The third kappa shape index (κ3) is 6.95. The van der Waals surface area contributed by atoms with E-state index in [1.54, 1.807) is 0 Å². The minimum absolute atomic E-state index is 0.0831. The topological polar surface area (TPSA) is 80.3 Å².